The van der Waals surface area contributed by atoms with Crippen LogP contribution in [0.2, 0.25) is 5.02 Å². The van der Waals surface area contributed by atoms with Crippen molar-refractivity contribution in [3.63, 3.8) is 0 Å². The Kier molecular flexibility index (Phi) is 7.71. The molecular formula is C34H34ClF3N4O2S. The number of hydrogen-bond acceptors (Lipinski definition) is 3. The normalized spacial score (nSPS) is 28.2. The van der Waals surface area contributed by atoms with Gasteiger partial charge in [-0.2, -0.15) is 26.7 Å². The van der Waals surface area contributed by atoms with E-state index in [1.807, 2.05) is 30.3 Å². The lowest BCUT2D eigenvalue weighted by atomic mass is 9.53. The molecule has 0 radical (unpaired) electrons. The average Bonchev–Trinajstić information content (AvgIpc) is 3.00. The lowest BCUT2D eigenvalue weighted by Crippen LogP contribution is -2.62. The van der Waals surface area contributed by atoms with Gasteiger partial charge in [-0.05, 0) is 110 Å². The smallest absolute Gasteiger partial charge is 0.348 e. The minimum absolute atomic E-state index is 0.0454. The second kappa shape index (κ2) is 11.5. The zero-order chi connectivity index (χ0) is 31.4. The summed E-state index contributed by atoms with van der Waals surface area (Å²) in [7, 11) is -4.38. The third kappa shape index (κ3) is 6.23. The molecule has 1 heterocycles. The third-order valence-electron chi connectivity index (χ3n) is 9.88. The van der Waals surface area contributed by atoms with Gasteiger partial charge in [-0.1, -0.05) is 54.1 Å². The first-order valence-electron chi connectivity index (χ1n) is 15.4. The van der Waals surface area contributed by atoms with Crippen LogP contribution in [-0.4, -0.2) is 37.2 Å². The van der Waals surface area contributed by atoms with Crippen molar-refractivity contribution in [2.75, 3.05) is 6.54 Å². The van der Waals surface area contributed by atoms with E-state index >= 15 is 0 Å². The zero-order valence-corrected chi connectivity index (χ0v) is 26.1. The summed E-state index contributed by atoms with van der Waals surface area (Å²) in [6.45, 7) is 0.400. The van der Waals surface area contributed by atoms with Crippen molar-refractivity contribution in [2.45, 2.75) is 67.5 Å². The summed E-state index contributed by atoms with van der Waals surface area (Å²) in [5.41, 5.74) is 1.50. The van der Waals surface area contributed by atoms with Crippen LogP contribution < -0.4 is 5.32 Å². The third-order valence-corrected chi connectivity index (χ3v) is 11.4. The lowest BCUT2D eigenvalue weighted by molar-refractivity contribution is -0.137. The number of nitrogens with one attached hydrogen (secondary N) is 1. The molecular weight excluding hydrogens is 621 g/mol. The van der Waals surface area contributed by atoms with E-state index in [0.717, 1.165) is 60.4 Å². The minimum atomic E-state index is -4.58. The van der Waals surface area contributed by atoms with Crippen LogP contribution in [0.5, 0.6) is 0 Å². The highest BCUT2D eigenvalue weighted by Gasteiger charge is 2.52. The van der Waals surface area contributed by atoms with Gasteiger partial charge in [0.1, 0.15) is 0 Å². The maximum Gasteiger partial charge on any atom is 0.416 e. The van der Waals surface area contributed by atoms with Crippen molar-refractivity contribution < 1.29 is 21.6 Å². The first kappa shape index (κ1) is 30.3. The molecule has 1 atom stereocenters. The van der Waals surface area contributed by atoms with Crippen molar-refractivity contribution in [1.82, 2.24) is 10.3 Å². The largest absolute Gasteiger partial charge is 0.416 e. The molecule has 5 aliphatic rings. The Hall–Kier alpha value is -3.37. The quantitative estimate of drug-likeness (QED) is 0.225. The van der Waals surface area contributed by atoms with E-state index < -0.39 is 21.8 Å². The molecule has 4 aliphatic carbocycles. The molecule has 3 aromatic carbocycles. The van der Waals surface area contributed by atoms with Gasteiger partial charge in [0.05, 0.1) is 16.2 Å². The maximum atomic E-state index is 13.7. The summed E-state index contributed by atoms with van der Waals surface area (Å²) in [6.07, 6.45) is 2.50. The molecule has 4 bridgehead atoms. The number of hydrogen-bond donors (Lipinski definition) is 1. The second-order valence-corrected chi connectivity index (χ2v) is 15.1. The van der Waals surface area contributed by atoms with Crippen LogP contribution in [0.1, 0.15) is 67.6 Å². The monoisotopic (exact) mass is 654 g/mol. The Morgan fingerprint density at radius 1 is 0.889 bits per heavy atom. The van der Waals surface area contributed by atoms with Gasteiger partial charge in [0, 0.05) is 23.0 Å². The van der Waals surface area contributed by atoms with Crippen LogP contribution in [-0.2, 0) is 16.2 Å². The second-order valence-electron chi connectivity index (χ2n) is 13.1. The Labute approximate surface area is 266 Å². The summed E-state index contributed by atoms with van der Waals surface area (Å²) in [5, 5.41) is 10.9. The molecule has 11 heteroatoms. The molecule has 236 valence electrons. The number of sulfonamides is 1. The fraction of sp³-hybridized carbons (Fsp3) is 0.412. The molecule has 1 N–H and O–H groups in total. The highest BCUT2D eigenvalue weighted by atomic mass is 35.5. The van der Waals surface area contributed by atoms with E-state index in [-0.39, 0.29) is 22.3 Å². The van der Waals surface area contributed by atoms with Crippen LogP contribution in [0.15, 0.2) is 93.3 Å². The number of alkyl halides is 3. The van der Waals surface area contributed by atoms with E-state index in [1.54, 1.807) is 17.1 Å². The zero-order valence-electron chi connectivity index (χ0n) is 24.6. The average molecular weight is 655 g/mol. The lowest BCUT2D eigenvalue weighted by Gasteiger charge is -2.57. The molecule has 3 aromatic rings. The number of benzene rings is 3. The van der Waals surface area contributed by atoms with Gasteiger partial charge < -0.3 is 5.32 Å². The molecule has 1 aliphatic heterocycles. The molecule has 1 unspecified atom stereocenters. The Balaban J connectivity index is 1.30. The van der Waals surface area contributed by atoms with Gasteiger partial charge in [-0.25, -0.2) is 5.01 Å². The first-order valence-corrected chi connectivity index (χ1v) is 17.3. The van der Waals surface area contributed by atoms with Gasteiger partial charge in [-0.15, -0.1) is 4.40 Å². The van der Waals surface area contributed by atoms with Gasteiger partial charge in [0.25, 0.3) is 10.0 Å². The standard InChI is InChI=1S/C34H34ClF3N4O2S/c35-28-10-6-26(7-11-28)31-30(25-4-2-1-3-5-25)14-15-42(40-31)32(39-33-19-22-16-23(20-33)18-24(17-22)21-33)41-45(43,44)29-12-8-27(9-13-29)34(36,37)38/h1-13,22-24,30H,14-21H2,(H,39,41). The van der Waals surface area contributed by atoms with E-state index in [2.05, 4.69) is 21.8 Å². The van der Waals surface area contributed by atoms with Crippen molar-refractivity contribution in [3.05, 3.63) is 101 Å². The predicted molar refractivity (Wildman–Crippen MR) is 169 cm³/mol. The van der Waals surface area contributed by atoms with Gasteiger partial charge in [0.2, 0.25) is 5.96 Å². The molecule has 6 nitrogen and oxygen atoms in total. The SMILES string of the molecule is O=S(=O)(/N=C(\NC12CC3CC(CC(C3)C1)C2)N1CCC(c2ccccc2)C(c2ccc(Cl)cc2)=N1)c1ccc(C(F)(F)F)cc1. The molecule has 8 rings (SSSR count). The molecule has 0 saturated heterocycles. The number of hydrazone groups is 1. The highest BCUT2D eigenvalue weighted by Crippen LogP contribution is 2.55. The maximum absolute atomic E-state index is 13.7. The number of rotatable bonds is 5. The Bertz CT molecular complexity index is 1690. The highest BCUT2D eigenvalue weighted by molar-refractivity contribution is 7.90. The Morgan fingerprint density at radius 3 is 2.07 bits per heavy atom. The molecule has 0 amide bonds. The van der Waals surface area contributed by atoms with E-state index in [1.165, 1.54) is 19.3 Å². The summed E-state index contributed by atoms with van der Waals surface area (Å²) < 4.78 is 71.4. The molecule has 4 fully saturated rings. The fourth-order valence-corrected chi connectivity index (χ4v) is 9.38. The van der Waals surface area contributed by atoms with Crippen LogP contribution in [0, 0.1) is 17.8 Å². The van der Waals surface area contributed by atoms with Crippen LogP contribution >= 0.6 is 11.6 Å². The number of nitrogens with zero attached hydrogens (tertiary/aromatic N) is 3. The fourth-order valence-electron chi connectivity index (χ4n) is 8.30. The van der Waals surface area contributed by atoms with Crippen LogP contribution in [0.3, 0.4) is 0 Å². The Morgan fingerprint density at radius 2 is 1.49 bits per heavy atom. The van der Waals surface area contributed by atoms with Crippen molar-refractivity contribution >= 4 is 33.3 Å². The predicted octanol–water partition coefficient (Wildman–Crippen LogP) is 7.86. The molecule has 4 saturated carbocycles. The summed E-state index contributed by atoms with van der Waals surface area (Å²) in [5.74, 6) is 1.85. The van der Waals surface area contributed by atoms with E-state index in [4.69, 9.17) is 16.7 Å². The molecule has 0 aromatic heterocycles. The van der Waals surface area contributed by atoms with Gasteiger partial charge in [0.15, 0.2) is 0 Å². The molecule has 45 heavy (non-hydrogen) atoms. The van der Waals surface area contributed by atoms with Crippen LogP contribution in [0.4, 0.5) is 13.2 Å². The molecule has 0 spiro atoms. The van der Waals surface area contributed by atoms with Crippen molar-refractivity contribution in [3.8, 4) is 0 Å². The number of halogens is 4. The minimum Gasteiger partial charge on any atom is -0.348 e. The van der Waals surface area contributed by atoms with Gasteiger partial charge >= 0.3 is 6.18 Å². The van der Waals surface area contributed by atoms with E-state index in [0.29, 0.717) is 35.7 Å². The topological polar surface area (TPSA) is 74.1 Å². The summed E-state index contributed by atoms with van der Waals surface area (Å²) >= 11 is 6.21. The van der Waals surface area contributed by atoms with Gasteiger partial charge in [-0.3, -0.25) is 0 Å². The number of guanidine groups is 1. The van der Waals surface area contributed by atoms with E-state index in [9.17, 15) is 21.6 Å². The summed E-state index contributed by atoms with van der Waals surface area (Å²) in [6, 6.07) is 21.0. The van der Waals surface area contributed by atoms with Crippen molar-refractivity contribution in [1.29, 1.82) is 0 Å². The first-order chi connectivity index (χ1) is 21.5. The van der Waals surface area contributed by atoms with Crippen molar-refractivity contribution in [2.24, 2.45) is 27.3 Å². The van der Waals surface area contributed by atoms with Crippen LogP contribution in [0.25, 0.3) is 0 Å². The summed E-state index contributed by atoms with van der Waals surface area (Å²) in [4.78, 5) is -0.304.